The highest BCUT2D eigenvalue weighted by atomic mass is 35.5. The topological polar surface area (TPSA) is 35.5 Å². The van der Waals surface area contributed by atoms with Gasteiger partial charge in [0.15, 0.2) is 5.30 Å². The van der Waals surface area contributed by atoms with Crippen LogP contribution in [-0.4, -0.2) is 17.8 Å². The van der Waals surface area contributed by atoms with Gasteiger partial charge in [0.1, 0.15) is 0 Å². The lowest BCUT2D eigenvalue weighted by Gasteiger charge is -2.43. The van der Waals surface area contributed by atoms with Gasteiger partial charge < -0.3 is 4.89 Å². The molecular formula is C21H25ClNO2P. The fraction of sp³-hybridized carbons (Fsp3) is 0.333. The van der Waals surface area contributed by atoms with E-state index < -0.39 is 7.87 Å². The number of fused-ring (bicyclic) bond motifs is 1. The number of halogens is 1. The Labute approximate surface area is 161 Å². The van der Waals surface area contributed by atoms with Gasteiger partial charge >= 0.3 is 0 Å². The molecule has 3 nitrogen and oxygen atoms in total. The summed E-state index contributed by atoms with van der Waals surface area (Å²) in [6, 6.07) is 14.0. The molecule has 0 amide bonds. The van der Waals surface area contributed by atoms with Crippen molar-refractivity contribution in [1.82, 2.24) is 4.67 Å². The molecule has 3 rings (SSSR count). The number of benzene rings is 2. The molecule has 0 N–H and O–H groups in total. The Morgan fingerprint density at radius 3 is 2.42 bits per heavy atom. The zero-order valence-electron chi connectivity index (χ0n) is 15.5. The summed E-state index contributed by atoms with van der Waals surface area (Å²) in [4.78, 5) is 14.0. The summed E-state index contributed by atoms with van der Waals surface area (Å²) in [7, 11) is -3.22. The molecule has 2 aromatic carbocycles. The Balaban J connectivity index is 2.18. The van der Waals surface area contributed by atoms with Crippen molar-refractivity contribution < 1.29 is 9.42 Å². The van der Waals surface area contributed by atoms with Crippen LogP contribution in [0, 0.1) is 0 Å². The van der Waals surface area contributed by atoms with Crippen LogP contribution in [0.4, 0.5) is 0 Å². The smallest absolute Gasteiger partial charge is 0.230 e. The normalized spacial score (nSPS) is 19.3. The first kappa shape index (κ1) is 19.4. The number of hydrogen-bond acceptors (Lipinski definition) is 3. The molecule has 26 heavy (non-hydrogen) atoms. The molecule has 0 fully saturated rings. The molecule has 2 aromatic rings. The van der Waals surface area contributed by atoms with Crippen LogP contribution in [0.2, 0.25) is 5.02 Å². The van der Waals surface area contributed by atoms with Crippen LogP contribution in [0.5, 0.6) is 0 Å². The maximum absolute atomic E-state index is 14.0. The Morgan fingerprint density at radius 1 is 1.08 bits per heavy atom. The summed E-state index contributed by atoms with van der Waals surface area (Å²) < 4.78 is 7.84. The molecule has 0 saturated carbocycles. The molecule has 1 heterocycles. The third kappa shape index (κ3) is 3.54. The van der Waals surface area contributed by atoms with Gasteiger partial charge in [0.05, 0.1) is 18.8 Å². The van der Waals surface area contributed by atoms with Crippen LogP contribution in [0.1, 0.15) is 43.9 Å². The van der Waals surface area contributed by atoms with Crippen LogP contribution in [0.15, 0.2) is 42.5 Å². The van der Waals surface area contributed by atoms with Crippen LogP contribution in [-0.2, 0) is 10.9 Å². The molecule has 5 heteroatoms. The van der Waals surface area contributed by atoms with Gasteiger partial charge in [-0.3, -0.25) is 0 Å². The summed E-state index contributed by atoms with van der Waals surface area (Å²) in [5.74, 6) is 0. The minimum Gasteiger partial charge on any atom is -0.633 e. The standard InChI is InChI=1S/C21H25ClNO2P/c1-4-13-23-20(17-9-7-16(5-2)8-10-17)14-18-11-12-19(22)15-21(18)26(23,24)25-6-3/h7-12,14-15H,4-6,13H2,1-3H3. The van der Waals surface area contributed by atoms with E-state index in [1.54, 1.807) is 6.07 Å². The zero-order valence-corrected chi connectivity index (χ0v) is 17.2. The monoisotopic (exact) mass is 389 g/mol. The summed E-state index contributed by atoms with van der Waals surface area (Å²) in [6.45, 7) is 7.14. The molecule has 0 aromatic heterocycles. The average molecular weight is 390 g/mol. The first-order valence-corrected chi connectivity index (χ1v) is 11.1. The van der Waals surface area contributed by atoms with Crippen LogP contribution in [0.3, 0.4) is 0 Å². The number of nitrogens with zero attached hydrogens (tertiary/aromatic N) is 1. The van der Waals surface area contributed by atoms with Crippen molar-refractivity contribution in [2.75, 3.05) is 13.2 Å². The van der Waals surface area contributed by atoms with Gasteiger partial charge in [-0.2, -0.15) is 0 Å². The number of aryl methyl sites for hydroxylation is 1. The first-order chi connectivity index (χ1) is 12.5. The van der Waals surface area contributed by atoms with Crippen molar-refractivity contribution in [2.45, 2.75) is 33.6 Å². The van der Waals surface area contributed by atoms with E-state index in [0.29, 0.717) is 23.5 Å². The third-order valence-electron chi connectivity index (χ3n) is 4.58. The molecule has 138 valence electrons. The molecule has 1 aliphatic rings. The van der Waals surface area contributed by atoms with E-state index in [0.717, 1.165) is 29.7 Å². The molecule has 1 unspecified atom stereocenters. The molecule has 0 spiro atoms. The van der Waals surface area contributed by atoms with Gasteiger partial charge in [-0.1, -0.05) is 49.7 Å². The zero-order chi connectivity index (χ0) is 18.7. The van der Waals surface area contributed by atoms with E-state index in [1.807, 2.05) is 23.7 Å². The van der Waals surface area contributed by atoms with Gasteiger partial charge in [-0.15, -0.1) is 0 Å². The minimum atomic E-state index is -3.22. The highest BCUT2D eigenvalue weighted by Gasteiger charge is 2.45. The Kier molecular flexibility index (Phi) is 6.04. The van der Waals surface area contributed by atoms with Crippen LogP contribution >= 0.6 is 19.5 Å². The molecule has 0 bridgehead atoms. The maximum Gasteiger partial charge on any atom is 0.230 e. The molecular weight excluding hydrogens is 365 g/mol. The summed E-state index contributed by atoms with van der Waals surface area (Å²) in [5.41, 5.74) is 4.19. The molecule has 1 aliphatic heterocycles. The predicted molar refractivity (Wildman–Crippen MR) is 110 cm³/mol. The largest absolute Gasteiger partial charge is 0.633 e. The van der Waals surface area contributed by atoms with Gasteiger partial charge in [-0.25, -0.2) is 9.19 Å². The lowest BCUT2D eigenvalue weighted by atomic mass is 10.0. The lowest BCUT2D eigenvalue weighted by Crippen LogP contribution is -2.42. The summed E-state index contributed by atoms with van der Waals surface area (Å²) >= 11 is 6.20. The van der Waals surface area contributed by atoms with E-state index in [-0.39, 0.29) is 0 Å². The number of rotatable bonds is 6. The lowest BCUT2D eigenvalue weighted by molar-refractivity contribution is -0.198. The van der Waals surface area contributed by atoms with Crippen LogP contribution in [0.25, 0.3) is 11.8 Å². The molecule has 0 aliphatic carbocycles. The van der Waals surface area contributed by atoms with Crippen molar-refractivity contribution in [2.24, 2.45) is 0 Å². The van der Waals surface area contributed by atoms with Crippen molar-refractivity contribution in [3.05, 3.63) is 64.2 Å². The van der Waals surface area contributed by atoms with Crippen molar-refractivity contribution in [3.63, 3.8) is 0 Å². The Bertz CT molecular complexity index is 806. The second-order valence-electron chi connectivity index (χ2n) is 6.34. The second-order valence-corrected chi connectivity index (χ2v) is 9.04. The van der Waals surface area contributed by atoms with E-state index >= 15 is 0 Å². The molecule has 1 atom stereocenters. The van der Waals surface area contributed by atoms with E-state index in [9.17, 15) is 4.89 Å². The third-order valence-corrected chi connectivity index (χ3v) is 7.47. The summed E-state index contributed by atoms with van der Waals surface area (Å²) in [6.07, 6.45) is 3.96. The Morgan fingerprint density at radius 2 is 1.81 bits per heavy atom. The van der Waals surface area contributed by atoms with E-state index in [2.05, 4.69) is 44.2 Å². The van der Waals surface area contributed by atoms with Crippen LogP contribution < -0.4 is 10.2 Å². The van der Waals surface area contributed by atoms with Gasteiger partial charge in [0.2, 0.25) is 7.87 Å². The maximum atomic E-state index is 14.0. The van der Waals surface area contributed by atoms with Crippen molar-refractivity contribution in [1.29, 1.82) is 0 Å². The summed E-state index contributed by atoms with van der Waals surface area (Å²) in [5, 5.41) is 1.26. The Hall–Kier alpha value is -1.38. The fourth-order valence-corrected chi connectivity index (χ4v) is 6.12. The SMILES string of the molecule is CCCN1C(c2ccc(CC)cc2)=Cc2ccc(Cl)cc2[P+]1([O-])OCC. The van der Waals surface area contributed by atoms with E-state index in [1.165, 1.54) is 5.56 Å². The van der Waals surface area contributed by atoms with Crippen molar-refractivity contribution >= 4 is 36.5 Å². The minimum absolute atomic E-state index is 0.380. The van der Waals surface area contributed by atoms with Gasteiger partial charge in [0, 0.05) is 22.2 Å². The van der Waals surface area contributed by atoms with Crippen molar-refractivity contribution in [3.8, 4) is 0 Å². The van der Waals surface area contributed by atoms with E-state index in [4.69, 9.17) is 16.1 Å². The highest BCUT2D eigenvalue weighted by Crippen LogP contribution is 2.60. The quantitative estimate of drug-likeness (QED) is 0.658. The first-order valence-electron chi connectivity index (χ1n) is 9.17. The number of hydrogen-bond donors (Lipinski definition) is 0. The fourth-order valence-electron chi connectivity index (χ4n) is 3.30. The molecule has 0 radical (unpaired) electrons. The second kappa shape index (κ2) is 8.10. The highest BCUT2D eigenvalue weighted by molar-refractivity contribution is 7.70. The van der Waals surface area contributed by atoms with Gasteiger partial charge in [-0.05, 0) is 43.5 Å². The van der Waals surface area contributed by atoms with Gasteiger partial charge in [0.25, 0.3) is 0 Å². The molecule has 0 saturated heterocycles. The average Bonchev–Trinajstić information content (AvgIpc) is 2.65. The predicted octanol–water partition coefficient (Wildman–Crippen LogP) is 4.91.